The van der Waals surface area contributed by atoms with Gasteiger partial charge in [-0.2, -0.15) is 0 Å². The van der Waals surface area contributed by atoms with Crippen LogP contribution in [0.2, 0.25) is 0 Å². The zero-order valence-electron chi connectivity index (χ0n) is 17.8. The quantitative estimate of drug-likeness (QED) is 0.651. The third kappa shape index (κ3) is 3.35. The Morgan fingerprint density at radius 3 is 2.72 bits per heavy atom. The average Bonchev–Trinajstić information content (AvgIpc) is 3.28. The molecule has 4 saturated carbocycles. The minimum Gasteiger partial charge on any atom is -0.391 e. The van der Waals surface area contributed by atoms with E-state index in [0.717, 1.165) is 58.0 Å². The van der Waals surface area contributed by atoms with E-state index in [1.807, 2.05) is 0 Å². The summed E-state index contributed by atoms with van der Waals surface area (Å²) in [5.41, 5.74) is 0.595. The summed E-state index contributed by atoms with van der Waals surface area (Å²) >= 11 is 0. The second kappa shape index (κ2) is 7.78. The van der Waals surface area contributed by atoms with Gasteiger partial charge in [-0.15, -0.1) is 12.4 Å². The summed E-state index contributed by atoms with van der Waals surface area (Å²) in [6.07, 6.45) is 7.70. The van der Waals surface area contributed by atoms with Gasteiger partial charge in [0.15, 0.2) is 0 Å². The lowest BCUT2D eigenvalue weighted by Crippen LogP contribution is -2.55. The summed E-state index contributed by atoms with van der Waals surface area (Å²) < 4.78 is 15.2. The van der Waals surface area contributed by atoms with Crippen LogP contribution in [0.5, 0.6) is 0 Å². The molecule has 0 aromatic rings. The first-order valence-electron chi connectivity index (χ1n) is 11.5. The predicted octanol–water partition coefficient (Wildman–Crippen LogP) is 4.70. The van der Waals surface area contributed by atoms with Crippen LogP contribution >= 0.6 is 12.4 Å². The molecule has 29 heavy (non-hydrogen) atoms. The first-order valence-corrected chi connectivity index (χ1v) is 11.5. The lowest BCUT2D eigenvalue weighted by atomic mass is 9.45. The van der Waals surface area contributed by atoms with E-state index in [-0.39, 0.29) is 29.3 Å². The molecular formula is C23H36ClFN2O2. The Morgan fingerprint density at radius 2 is 1.97 bits per heavy atom. The first-order chi connectivity index (χ1) is 13.4. The Labute approximate surface area is 180 Å². The zero-order valence-corrected chi connectivity index (χ0v) is 18.6. The molecule has 0 amide bonds. The van der Waals surface area contributed by atoms with Gasteiger partial charge in [-0.05, 0) is 80.6 Å². The Hall–Kier alpha value is -0.680. The van der Waals surface area contributed by atoms with E-state index in [1.54, 1.807) is 0 Å². The number of halogens is 2. The number of carbonyl (C=O) groups is 1. The Bertz CT molecular complexity index is 682. The third-order valence-electron chi connectivity index (χ3n) is 9.54. The Balaban J connectivity index is 0.00000205. The van der Waals surface area contributed by atoms with E-state index in [9.17, 15) is 4.79 Å². The Morgan fingerprint density at radius 1 is 1.14 bits per heavy atom. The summed E-state index contributed by atoms with van der Waals surface area (Å²) in [5.74, 6) is 2.70. The van der Waals surface area contributed by atoms with Crippen molar-refractivity contribution in [2.45, 2.75) is 83.9 Å². The van der Waals surface area contributed by atoms with Crippen LogP contribution in [-0.4, -0.2) is 36.9 Å². The smallest absolute Gasteiger partial charge is 0.142 e. The summed E-state index contributed by atoms with van der Waals surface area (Å²) in [6.45, 7) is 6.34. The number of Topliss-reactive ketones (excluding diaryl/α,β-unsaturated/α-hetero) is 1. The highest BCUT2D eigenvalue weighted by atomic mass is 35.5. The molecular weight excluding hydrogens is 391 g/mol. The molecule has 5 fully saturated rings. The second-order valence-electron chi connectivity index (χ2n) is 10.8. The van der Waals surface area contributed by atoms with Crippen molar-refractivity contribution < 1.29 is 14.0 Å². The minimum atomic E-state index is -0.979. The molecule has 1 N–H and O–H groups in total. The van der Waals surface area contributed by atoms with Crippen LogP contribution in [0.3, 0.4) is 0 Å². The molecule has 0 aromatic heterocycles. The highest BCUT2D eigenvalue weighted by molar-refractivity contribution is 5.89. The largest absolute Gasteiger partial charge is 0.391 e. The van der Waals surface area contributed by atoms with E-state index in [2.05, 4.69) is 24.3 Å². The maximum Gasteiger partial charge on any atom is 0.142 e. The van der Waals surface area contributed by atoms with Crippen LogP contribution in [0, 0.1) is 34.5 Å². The first kappa shape index (κ1) is 21.5. The fraction of sp³-hybridized carbons (Fsp3) is 0.913. The van der Waals surface area contributed by atoms with Crippen molar-refractivity contribution in [3.05, 3.63) is 0 Å². The number of fused-ring (bicyclic) bond motifs is 5. The van der Waals surface area contributed by atoms with Gasteiger partial charge in [-0.1, -0.05) is 19.0 Å². The van der Waals surface area contributed by atoms with E-state index < -0.39 is 6.17 Å². The predicted molar refractivity (Wildman–Crippen MR) is 114 cm³/mol. The maximum atomic E-state index is 15.2. The molecule has 1 saturated heterocycles. The topological polar surface area (TPSA) is 50.7 Å². The molecule has 1 unspecified atom stereocenters. The maximum absolute atomic E-state index is 15.2. The molecule has 5 rings (SSSR count). The van der Waals surface area contributed by atoms with Crippen molar-refractivity contribution in [2.24, 2.45) is 39.7 Å². The van der Waals surface area contributed by atoms with E-state index >= 15 is 4.39 Å². The van der Waals surface area contributed by atoms with Crippen LogP contribution in [0.4, 0.5) is 4.39 Å². The molecule has 6 heteroatoms. The average molecular weight is 427 g/mol. The van der Waals surface area contributed by atoms with E-state index in [4.69, 9.17) is 4.84 Å². The number of ketones is 1. The molecule has 0 radical (unpaired) electrons. The number of nitrogens with zero attached hydrogens (tertiary/aromatic N) is 1. The van der Waals surface area contributed by atoms with Crippen molar-refractivity contribution >= 4 is 23.9 Å². The van der Waals surface area contributed by atoms with Crippen LogP contribution in [0.15, 0.2) is 5.16 Å². The fourth-order valence-corrected chi connectivity index (χ4v) is 7.80. The van der Waals surface area contributed by atoms with Crippen molar-refractivity contribution in [1.29, 1.82) is 0 Å². The molecule has 164 valence electrons. The number of nitrogens with one attached hydrogen (secondary N) is 1. The van der Waals surface area contributed by atoms with Crippen LogP contribution in [-0.2, 0) is 9.63 Å². The fourth-order valence-electron chi connectivity index (χ4n) is 7.80. The van der Waals surface area contributed by atoms with Gasteiger partial charge in [0.25, 0.3) is 0 Å². The molecule has 0 bridgehead atoms. The van der Waals surface area contributed by atoms with Crippen molar-refractivity contribution in [3.8, 4) is 0 Å². The zero-order chi connectivity index (χ0) is 19.5. The lowest BCUT2D eigenvalue weighted by Gasteiger charge is -2.59. The number of alkyl halides is 1. The van der Waals surface area contributed by atoms with Crippen molar-refractivity contribution in [3.63, 3.8) is 0 Å². The number of rotatable bonds is 2. The normalized spacial score (nSPS) is 50.4. The summed E-state index contributed by atoms with van der Waals surface area (Å²) in [5, 5.41) is 7.57. The number of hydrogen-bond donors (Lipinski definition) is 1. The SMILES string of the molecule is C[C@]12C[C@@H](F)/C(=N\O[C@@H]3CCNC3)CC1CC[C@@H]1[C@@H]2CC[C@]2(C)C(=O)CC[C@@H]12.Cl. The van der Waals surface area contributed by atoms with Crippen molar-refractivity contribution in [2.75, 3.05) is 13.1 Å². The standard InChI is InChI=1S/C23H35FN2O2.ClH/c1-22-9-7-18-16(17(22)5-6-21(22)27)4-3-14-11-20(19(24)12-23(14,18)2)26-28-15-8-10-25-13-15;/h14-19,25H,3-13H2,1-2H3;1H/b26-20-;/t14?,15-,16+,17+,18+,19-,22+,23+;/m1./s1. The van der Waals surface area contributed by atoms with Gasteiger partial charge in [-0.25, -0.2) is 4.39 Å². The molecule has 0 spiro atoms. The monoisotopic (exact) mass is 426 g/mol. The summed E-state index contributed by atoms with van der Waals surface area (Å²) in [7, 11) is 0. The molecule has 1 aliphatic heterocycles. The van der Waals surface area contributed by atoms with Crippen molar-refractivity contribution in [1.82, 2.24) is 5.32 Å². The van der Waals surface area contributed by atoms with Gasteiger partial charge in [0.1, 0.15) is 18.1 Å². The molecule has 0 aromatic carbocycles. The molecule has 4 nitrogen and oxygen atoms in total. The third-order valence-corrected chi connectivity index (χ3v) is 9.54. The second-order valence-corrected chi connectivity index (χ2v) is 10.8. The van der Waals surface area contributed by atoms with E-state index in [1.165, 1.54) is 6.42 Å². The van der Waals surface area contributed by atoms with Crippen LogP contribution in [0.1, 0.15) is 71.6 Å². The van der Waals surface area contributed by atoms with Gasteiger partial charge in [0.2, 0.25) is 0 Å². The highest BCUT2D eigenvalue weighted by Gasteiger charge is 2.61. The van der Waals surface area contributed by atoms with Crippen LogP contribution < -0.4 is 5.32 Å². The lowest BCUT2D eigenvalue weighted by molar-refractivity contribution is -0.138. The minimum absolute atomic E-state index is 0. The summed E-state index contributed by atoms with van der Waals surface area (Å²) in [6, 6.07) is 0. The summed E-state index contributed by atoms with van der Waals surface area (Å²) in [4.78, 5) is 18.2. The van der Waals surface area contributed by atoms with Gasteiger partial charge in [-0.3, -0.25) is 4.79 Å². The van der Waals surface area contributed by atoms with Gasteiger partial charge < -0.3 is 10.2 Å². The molecule has 4 aliphatic carbocycles. The number of oxime groups is 1. The molecule has 8 atom stereocenters. The highest BCUT2D eigenvalue weighted by Crippen LogP contribution is 2.65. The Kier molecular flexibility index (Phi) is 5.78. The number of hydrogen-bond acceptors (Lipinski definition) is 4. The molecule has 1 heterocycles. The van der Waals surface area contributed by atoms with Crippen LogP contribution in [0.25, 0.3) is 0 Å². The van der Waals surface area contributed by atoms with Gasteiger partial charge in [0, 0.05) is 24.8 Å². The molecule has 5 aliphatic rings. The van der Waals surface area contributed by atoms with Gasteiger partial charge >= 0.3 is 0 Å². The number of carbonyl (C=O) groups excluding carboxylic acids is 1. The van der Waals surface area contributed by atoms with E-state index in [0.29, 0.717) is 41.6 Å². The van der Waals surface area contributed by atoms with Gasteiger partial charge in [0.05, 0.1) is 5.71 Å².